The fraction of sp³-hybridized carbons (Fsp3) is 0.318. The number of nitrogens with zero attached hydrogens (tertiary/aromatic N) is 1. The van der Waals surface area contributed by atoms with Gasteiger partial charge >= 0.3 is 5.97 Å². The van der Waals surface area contributed by atoms with Crippen molar-refractivity contribution in [3.8, 4) is 0 Å². The average Bonchev–Trinajstić information content (AvgIpc) is 3.16. The van der Waals surface area contributed by atoms with E-state index in [0.717, 1.165) is 33.3 Å². The molecule has 0 fully saturated rings. The molecule has 5 nitrogen and oxygen atoms in total. The molecule has 1 aromatic heterocycles. The Morgan fingerprint density at radius 2 is 2.03 bits per heavy atom. The maximum atomic E-state index is 14.1. The van der Waals surface area contributed by atoms with E-state index >= 15 is 0 Å². The summed E-state index contributed by atoms with van der Waals surface area (Å²) in [5.74, 6) is -1.48. The van der Waals surface area contributed by atoms with Gasteiger partial charge in [0, 0.05) is 29.6 Å². The molecule has 150 valence electrons. The molecule has 29 heavy (non-hydrogen) atoms. The lowest BCUT2D eigenvalue weighted by Gasteiger charge is -2.23. The predicted molar refractivity (Wildman–Crippen MR) is 106 cm³/mol. The molecule has 0 aliphatic carbocycles. The quantitative estimate of drug-likeness (QED) is 0.715. The molecule has 0 saturated carbocycles. The molecule has 2 aliphatic rings. The predicted octanol–water partition coefficient (Wildman–Crippen LogP) is 3.35. The summed E-state index contributed by atoms with van der Waals surface area (Å²) in [6.45, 7) is 0.369. The number of carboxylic acid groups (broad SMARTS) is 1. The molecule has 2 aliphatic heterocycles. The molecular formula is C22H20FNO4S. The Labute approximate surface area is 167 Å². The van der Waals surface area contributed by atoms with Crippen LogP contribution >= 0.6 is 0 Å². The molecular weight excluding hydrogens is 393 g/mol. The van der Waals surface area contributed by atoms with Crippen LogP contribution in [-0.2, 0) is 40.4 Å². The van der Waals surface area contributed by atoms with Crippen LogP contribution in [-0.4, -0.2) is 29.8 Å². The molecule has 1 atom stereocenters. The Hall–Kier alpha value is -2.67. The van der Waals surface area contributed by atoms with Gasteiger partial charge in [-0.05, 0) is 60.2 Å². The van der Waals surface area contributed by atoms with Crippen molar-refractivity contribution in [2.24, 2.45) is 5.92 Å². The van der Waals surface area contributed by atoms with Crippen LogP contribution in [0, 0.1) is 11.7 Å². The molecule has 1 unspecified atom stereocenters. The van der Waals surface area contributed by atoms with Crippen molar-refractivity contribution >= 4 is 26.7 Å². The number of rotatable bonds is 3. The SMILES string of the molecule is O=C(O)C1CCc2c(Cc3cccc4c3CCS4(=O)=O)c3cc(F)ccc3n2C1. The number of halogens is 1. The molecule has 7 heteroatoms. The molecule has 0 bridgehead atoms. The van der Waals surface area contributed by atoms with Crippen LogP contribution in [0.4, 0.5) is 4.39 Å². The van der Waals surface area contributed by atoms with E-state index in [1.807, 2.05) is 10.6 Å². The molecule has 3 aromatic rings. The van der Waals surface area contributed by atoms with E-state index in [1.165, 1.54) is 12.1 Å². The topological polar surface area (TPSA) is 76.4 Å². The molecule has 2 aromatic carbocycles. The highest BCUT2D eigenvalue weighted by Crippen LogP contribution is 2.37. The largest absolute Gasteiger partial charge is 0.481 e. The smallest absolute Gasteiger partial charge is 0.308 e. The number of carbonyl (C=O) groups is 1. The number of fused-ring (bicyclic) bond motifs is 4. The lowest BCUT2D eigenvalue weighted by molar-refractivity contribution is -0.142. The van der Waals surface area contributed by atoms with Gasteiger partial charge < -0.3 is 9.67 Å². The molecule has 0 radical (unpaired) electrons. The summed E-state index contributed by atoms with van der Waals surface area (Å²) >= 11 is 0. The second-order valence-electron chi connectivity index (χ2n) is 7.91. The van der Waals surface area contributed by atoms with E-state index in [-0.39, 0.29) is 11.6 Å². The number of sulfone groups is 1. The lowest BCUT2D eigenvalue weighted by Crippen LogP contribution is -2.26. The van der Waals surface area contributed by atoms with Gasteiger partial charge in [-0.2, -0.15) is 0 Å². The van der Waals surface area contributed by atoms with Crippen LogP contribution in [0.5, 0.6) is 0 Å². The van der Waals surface area contributed by atoms with Crippen LogP contribution in [0.25, 0.3) is 10.9 Å². The zero-order valence-corrected chi connectivity index (χ0v) is 16.5. The second-order valence-corrected chi connectivity index (χ2v) is 9.99. The Bertz CT molecular complexity index is 1280. The number of aliphatic carboxylic acids is 1. The van der Waals surface area contributed by atoms with Crippen LogP contribution in [0.1, 0.15) is 28.8 Å². The normalized spacial score (nSPS) is 19.8. The third kappa shape index (κ3) is 2.87. The standard InChI is InChI=1S/C22H20FNO4S/c23-15-5-7-20-18(11-15)17(19-6-4-14(22(25)26)12-24(19)20)10-13-2-1-3-21-16(13)8-9-29(21,27)28/h1-3,5,7,11,14H,4,6,8-10,12H2,(H,25,26). The van der Waals surface area contributed by atoms with Gasteiger partial charge in [-0.15, -0.1) is 0 Å². The minimum Gasteiger partial charge on any atom is -0.481 e. The van der Waals surface area contributed by atoms with Crippen LogP contribution in [0.2, 0.25) is 0 Å². The minimum atomic E-state index is -3.22. The van der Waals surface area contributed by atoms with E-state index in [9.17, 15) is 22.7 Å². The number of hydrogen-bond donors (Lipinski definition) is 1. The first kappa shape index (κ1) is 18.4. The summed E-state index contributed by atoms with van der Waals surface area (Å²) in [5.41, 5.74) is 4.64. The Morgan fingerprint density at radius 3 is 2.83 bits per heavy atom. The third-order valence-electron chi connectivity index (χ3n) is 6.28. The van der Waals surface area contributed by atoms with Crippen molar-refractivity contribution in [3.63, 3.8) is 0 Å². The summed E-state index contributed by atoms with van der Waals surface area (Å²) in [6.07, 6.45) is 2.16. The van der Waals surface area contributed by atoms with Gasteiger partial charge in [0.25, 0.3) is 0 Å². The highest BCUT2D eigenvalue weighted by molar-refractivity contribution is 7.91. The molecule has 0 amide bonds. The Kier molecular flexibility index (Phi) is 4.07. The third-order valence-corrected chi connectivity index (χ3v) is 8.08. The van der Waals surface area contributed by atoms with Crippen LogP contribution in [0.3, 0.4) is 0 Å². The van der Waals surface area contributed by atoms with E-state index in [2.05, 4.69) is 0 Å². The van der Waals surface area contributed by atoms with E-state index in [4.69, 9.17) is 0 Å². The first-order chi connectivity index (χ1) is 13.8. The Morgan fingerprint density at radius 1 is 1.21 bits per heavy atom. The number of aromatic nitrogens is 1. The van der Waals surface area contributed by atoms with Gasteiger partial charge in [0.15, 0.2) is 9.84 Å². The van der Waals surface area contributed by atoms with Gasteiger partial charge in [0.05, 0.1) is 16.6 Å². The van der Waals surface area contributed by atoms with Gasteiger partial charge in [0.1, 0.15) is 5.82 Å². The van der Waals surface area contributed by atoms with Crippen molar-refractivity contribution < 1.29 is 22.7 Å². The van der Waals surface area contributed by atoms with E-state index in [1.54, 1.807) is 18.2 Å². The zero-order valence-electron chi connectivity index (χ0n) is 15.7. The van der Waals surface area contributed by atoms with Crippen molar-refractivity contribution in [2.75, 3.05) is 5.75 Å². The summed E-state index contributed by atoms with van der Waals surface area (Å²) in [4.78, 5) is 11.9. The molecule has 0 spiro atoms. The summed E-state index contributed by atoms with van der Waals surface area (Å²) < 4.78 is 40.6. The maximum absolute atomic E-state index is 14.1. The number of hydrogen-bond acceptors (Lipinski definition) is 3. The first-order valence-corrected chi connectivity index (χ1v) is 11.4. The Balaban J connectivity index is 1.67. The van der Waals surface area contributed by atoms with Gasteiger partial charge in [-0.1, -0.05) is 12.1 Å². The van der Waals surface area contributed by atoms with Gasteiger partial charge in [0.2, 0.25) is 0 Å². The summed E-state index contributed by atoms with van der Waals surface area (Å²) in [7, 11) is -3.22. The average molecular weight is 413 g/mol. The van der Waals surface area contributed by atoms with Crippen molar-refractivity contribution in [1.29, 1.82) is 0 Å². The van der Waals surface area contributed by atoms with E-state index < -0.39 is 21.7 Å². The highest BCUT2D eigenvalue weighted by Gasteiger charge is 2.31. The highest BCUT2D eigenvalue weighted by atomic mass is 32.2. The maximum Gasteiger partial charge on any atom is 0.308 e. The lowest BCUT2D eigenvalue weighted by atomic mass is 9.92. The fourth-order valence-electron chi connectivity index (χ4n) is 4.85. The monoisotopic (exact) mass is 413 g/mol. The van der Waals surface area contributed by atoms with E-state index in [0.29, 0.717) is 37.1 Å². The molecule has 1 N–H and O–H groups in total. The molecule has 5 rings (SSSR count). The fourth-order valence-corrected chi connectivity index (χ4v) is 6.44. The van der Waals surface area contributed by atoms with Gasteiger partial charge in [-0.3, -0.25) is 4.79 Å². The first-order valence-electron chi connectivity index (χ1n) is 9.71. The van der Waals surface area contributed by atoms with Gasteiger partial charge in [-0.25, -0.2) is 12.8 Å². The van der Waals surface area contributed by atoms with Crippen LogP contribution in [0.15, 0.2) is 41.3 Å². The summed E-state index contributed by atoms with van der Waals surface area (Å²) in [6, 6.07) is 9.98. The van der Waals surface area contributed by atoms with Crippen molar-refractivity contribution in [3.05, 3.63) is 64.6 Å². The van der Waals surface area contributed by atoms with Crippen molar-refractivity contribution in [2.45, 2.75) is 37.1 Å². The van der Waals surface area contributed by atoms with Crippen molar-refractivity contribution in [1.82, 2.24) is 4.57 Å². The number of carboxylic acids is 1. The molecule has 0 saturated heterocycles. The summed E-state index contributed by atoms with van der Waals surface area (Å²) in [5, 5.41) is 10.2. The minimum absolute atomic E-state index is 0.128. The molecule has 3 heterocycles. The zero-order chi connectivity index (χ0) is 20.3. The second kappa shape index (κ2) is 6.42. The van der Waals surface area contributed by atoms with Crippen LogP contribution < -0.4 is 0 Å². The number of benzene rings is 2.